The molecule has 40 heavy (non-hydrogen) atoms. The van der Waals surface area contributed by atoms with Crippen molar-refractivity contribution in [3.8, 4) is 17.6 Å². The van der Waals surface area contributed by atoms with Gasteiger partial charge in [-0.25, -0.2) is 13.1 Å². The minimum Gasteiger partial charge on any atom is -0.543 e. The van der Waals surface area contributed by atoms with Gasteiger partial charge in [0.1, 0.15) is 11.5 Å². The third kappa shape index (κ3) is 7.58. The van der Waals surface area contributed by atoms with Crippen LogP contribution in [0.3, 0.4) is 0 Å². The zero-order valence-electron chi connectivity index (χ0n) is 26.0. The highest BCUT2D eigenvalue weighted by Crippen LogP contribution is 2.45. The molecule has 220 valence electrons. The predicted octanol–water partition coefficient (Wildman–Crippen LogP) is 8.33. The van der Waals surface area contributed by atoms with Crippen LogP contribution in [0, 0.1) is 11.3 Å². The Hall–Kier alpha value is -2.13. The smallest absolute Gasteiger partial charge is 0.250 e. The van der Waals surface area contributed by atoms with E-state index in [4.69, 9.17) is 14.1 Å². The van der Waals surface area contributed by atoms with Crippen molar-refractivity contribution in [2.75, 3.05) is 0 Å². The maximum absolute atomic E-state index is 13.0. The van der Waals surface area contributed by atoms with Crippen molar-refractivity contribution in [3.05, 3.63) is 53.6 Å². The van der Waals surface area contributed by atoms with Gasteiger partial charge in [0.25, 0.3) is 0 Å². The Morgan fingerprint density at radius 1 is 0.825 bits per heavy atom. The fourth-order valence-electron chi connectivity index (χ4n) is 4.40. The topological polar surface area (TPSA) is 88.4 Å². The van der Waals surface area contributed by atoms with Crippen LogP contribution in [-0.4, -0.2) is 31.1 Å². The zero-order chi connectivity index (χ0) is 30.1. The second-order valence-electron chi connectivity index (χ2n) is 14.2. The van der Waals surface area contributed by atoms with Crippen LogP contribution in [0.4, 0.5) is 0 Å². The Bertz CT molecular complexity index is 1330. The van der Waals surface area contributed by atoms with Gasteiger partial charge in [0.15, 0.2) is 0 Å². The summed E-state index contributed by atoms with van der Waals surface area (Å²) >= 11 is 0. The lowest BCUT2D eigenvalue weighted by molar-refractivity contribution is 0.367. The minimum absolute atomic E-state index is 0.0575. The molecular weight excluding hydrogens is 553 g/mol. The largest absolute Gasteiger partial charge is 0.543 e. The summed E-state index contributed by atoms with van der Waals surface area (Å²) in [6.07, 6.45) is 3.25. The van der Waals surface area contributed by atoms with Crippen LogP contribution < -0.4 is 13.6 Å². The molecule has 2 aromatic rings. The van der Waals surface area contributed by atoms with Gasteiger partial charge in [-0.2, -0.15) is 5.26 Å². The molecule has 1 aliphatic carbocycles. The first-order valence-electron chi connectivity index (χ1n) is 14.3. The molecule has 1 saturated carbocycles. The fraction of sp³-hybridized carbons (Fsp3) is 0.581. The number of sulfonamides is 1. The van der Waals surface area contributed by atoms with Crippen molar-refractivity contribution in [2.45, 2.75) is 120 Å². The Kier molecular flexibility index (Phi) is 9.42. The van der Waals surface area contributed by atoms with Gasteiger partial charge in [-0.1, -0.05) is 47.6 Å². The van der Waals surface area contributed by atoms with Gasteiger partial charge in [0.05, 0.1) is 16.5 Å². The lowest BCUT2D eigenvalue weighted by Gasteiger charge is -2.39. The lowest BCUT2D eigenvalue weighted by atomic mass is 9.81. The highest BCUT2D eigenvalue weighted by atomic mass is 32.2. The Balaban J connectivity index is 1.81. The molecule has 0 amide bonds. The molecule has 0 atom stereocenters. The molecule has 0 radical (unpaired) electrons. The minimum atomic E-state index is -3.64. The molecule has 2 aromatic carbocycles. The van der Waals surface area contributed by atoms with Gasteiger partial charge >= 0.3 is 0 Å². The second-order valence-corrected chi connectivity index (χ2v) is 25.4. The van der Waals surface area contributed by atoms with Crippen molar-refractivity contribution in [1.82, 2.24) is 4.72 Å². The van der Waals surface area contributed by atoms with Crippen LogP contribution >= 0.6 is 0 Å². The van der Waals surface area contributed by atoms with E-state index in [0.717, 1.165) is 37.2 Å². The average molecular weight is 601 g/mol. The van der Waals surface area contributed by atoms with Crippen molar-refractivity contribution in [3.63, 3.8) is 0 Å². The lowest BCUT2D eigenvalue weighted by Crippen LogP contribution is -2.44. The molecule has 0 aliphatic heterocycles. The van der Waals surface area contributed by atoms with E-state index in [-0.39, 0.29) is 26.9 Å². The standard InChI is InChI=1S/C31H48N2O4SSi2/c1-30(2,3)39(7,8)36-26-17-20-28(29(21-26)37-40(9,10)31(4,5)6)24-13-15-25(16-14-24)33-38(34,35)27-18-11-23(22-32)12-19-27/h11-12,17-21,24-25,33H,13-16H2,1-10H3. The first-order chi connectivity index (χ1) is 18.3. The van der Waals surface area contributed by atoms with Crippen LogP contribution in [0.5, 0.6) is 11.5 Å². The summed E-state index contributed by atoms with van der Waals surface area (Å²) in [7, 11) is -7.76. The van der Waals surface area contributed by atoms with Gasteiger partial charge in [-0.05, 0) is 104 Å². The maximum Gasteiger partial charge on any atom is 0.250 e. The van der Waals surface area contributed by atoms with E-state index in [2.05, 4.69) is 90.7 Å². The third-order valence-electron chi connectivity index (χ3n) is 9.12. The molecular formula is C31H48N2O4SSi2. The van der Waals surface area contributed by atoms with E-state index < -0.39 is 26.7 Å². The van der Waals surface area contributed by atoms with Crippen molar-refractivity contribution >= 4 is 26.7 Å². The Labute approximate surface area is 244 Å². The van der Waals surface area contributed by atoms with E-state index in [1.807, 2.05) is 6.07 Å². The van der Waals surface area contributed by atoms with E-state index in [1.54, 1.807) is 0 Å². The number of benzene rings is 2. The molecule has 0 heterocycles. The Morgan fingerprint density at radius 2 is 1.35 bits per heavy atom. The number of hydrogen-bond donors (Lipinski definition) is 1. The van der Waals surface area contributed by atoms with Crippen LogP contribution in [0.2, 0.25) is 36.3 Å². The quantitative estimate of drug-likeness (QED) is 0.308. The molecule has 0 bridgehead atoms. The summed E-state index contributed by atoms with van der Waals surface area (Å²) in [6.45, 7) is 22.5. The van der Waals surface area contributed by atoms with Crippen LogP contribution in [-0.2, 0) is 10.0 Å². The van der Waals surface area contributed by atoms with E-state index >= 15 is 0 Å². The molecule has 0 spiro atoms. The highest BCUT2D eigenvalue weighted by Gasteiger charge is 2.41. The van der Waals surface area contributed by atoms with Crippen molar-refractivity contribution < 1.29 is 17.3 Å². The molecule has 9 heteroatoms. The number of rotatable bonds is 8. The zero-order valence-corrected chi connectivity index (χ0v) is 28.8. The summed E-state index contributed by atoms with van der Waals surface area (Å²) in [5.41, 5.74) is 1.64. The third-order valence-corrected chi connectivity index (χ3v) is 19.4. The first kappa shape index (κ1) is 32.4. The van der Waals surface area contributed by atoms with E-state index in [0.29, 0.717) is 5.56 Å². The van der Waals surface area contributed by atoms with Gasteiger partial charge in [-0.15, -0.1) is 0 Å². The number of nitrogens with zero attached hydrogens (tertiary/aromatic N) is 1. The molecule has 3 rings (SSSR count). The molecule has 1 N–H and O–H groups in total. The van der Waals surface area contributed by atoms with Crippen LogP contribution in [0.25, 0.3) is 0 Å². The summed E-state index contributed by atoms with van der Waals surface area (Å²) in [5.74, 6) is 2.08. The second kappa shape index (κ2) is 11.6. The summed E-state index contributed by atoms with van der Waals surface area (Å²) in [6, 6.07) is 14.3. The molecule has 6 nitrogen and oxygen atoms in total. The van der Waals surface area contributed by atoms with Gasteiger partial charge in [0, 0.05) is 12.1 Å². The van der Waals surface area contributed by atoms with Crippen LogP contribution in [0.15, 0.2) is 47.4 Å². The summed E-state index contributed by atoms with van der Waals surface area (Å²) in [4.78, 5) is 0.191. The predicted molar refractivity (Wildman–Crippen MR) is 169 cm³/mol. The highest BCUT2D eigenvalue weighted by molar-refractivity contribution is 7.89. The molecule has 0 aromatic heterocycles. The first-order valence-corrected chi connectivity index (χ1v) is 21.6. The molecule has 0 saturated heterocycles. The van der Waals surface area contributed by atoms with Gasteiger partial charge in [0.2, 0.25) is 26.7 Å². The van der Waals surface area contributed by atoms with Crippen molar-refractivity contribution in [2.24, 2.45) is 0 Å². The molecule has 1 fully saturated rings. The normalized spacial score (nSPS) is 19.1. The summed E-state index contributed by atoms with van der Waals surface area (Å²) < 4.78 is 42.4. The number of hydrogen-bond acceptors (Lipinski definition) is 5. The number of nitrogens with one attached hydrogen (secondary N) is 1. The van der Waals surface area contributed by atoms with Crippen LogP contribution in [0.1, 0.15) is 84.3 Å². The fourth-order valence-corrected chi connectivity index (χ4v) is 7.76. The van der Waals surface area contributed by atoms with Gasteiger partial charge < -0.3 is 8.85 Å². The van der Waals surface area contributed by atoms with Gasteiger partial charge in [-0.3, -0.25) is 0 Å². The van der Waals surface area contributed by atoms with E-state index in [9.17, 15) is 8.42 Å². The Morgan fingerprint density at radius 3 is 1.85 bits per heavy atom. The maximum atomic E-state index is 13.0. The van der Waals surface area contributed by atoms with Crippen molar-refractivity contribution in [1.29, 1.82) is 5.26 Å². The number of nitriles is 1. The molecule has 0 unspecified atom stereocenters. The molecule has 1 aliphatic rings. The monoisotopic (exact) mass is 600 g/mol. The average Bonchev–Trinajstić information content (AvgIpc) is 2.83. The SMILES string of the molecule is CC(C)(C)[Si](C)(C)Oc1ccc(C2CCC(NS(=O)(=O)c3ccc(C#N)cc3)CC2)c(O[Si](C)(C)C(C)(C)C)c1. The summed E-state index contributed by atoms with van der Waals surface area (Å²) in [5, 5.41) is 9.15. The van der Waals surface area contributed by atoms with E-state index in [1.165, 1.54) is 29.8 Å².